The summed E-state index contributed by atoms with van der Waals surface area (Å²) < 4.78 is 5.37. The second kappa shape index (κ2) is 6.45. The zero-order valence-corrected chi connectivity index (χ0v) is 12.4. The van der Waals surface area contributed by atoms with Crippen LogP contribution < -0.4 is 5.32 Å². The number of nitrogens with zero attached hydrogens (tertiary/aromatic N) is 1. The standard InChI is InChI=1S/C14H22N2O4/c1-10-5-6-11(20-10)9-15-13(19)16(14(2,3)4)8-7-12(17)18/h5-6H,7-9H2,1-4H3,(H,15,19)(H,17,18). The van der Waals surface area contributed by atoms with Crippen molar-refractivity contribution in [3.63, 3.8) is 0 Å². The van der Waals surface area contributed by atoms with Crippen LogP contribution in [-0.4, -0.2) is 34.1 Å². The van der Waals surface area contributed by atoms with Crippen LogP contribution in [0.1, 0.15) is 38.7 Å². The lowest BCUT2D eigenvalue weighted by Crippen LogP contribution is -2.50. The molecule has 0 saturated heterocycles. The third-order valence-electron chi connectivity index (χ3n) is 2.81. The average Bonchev–Trinajstić information content (AvgIpc) is 2.70. The van der Waals surface area contributed by atoms with E-state index in [1.165, 1.54) is 4.90 Å². The van der Waals surface area contributed by atoms with Gasteiger partial charge < -0.3 is 19.7 Å². The lowest BCUT2D eigenvalue weighted by Gasteiger charge is -2.35. The lowest BCUT2D eigenvalue weighted by molar-refractivity contribution is -0.137. The molecule has 0 aliphatic heterocycles. The van der Waals surface area contributed by atoms with E-state index in [0.29, 0.717) is 5.76 Å². The van der Waals surface area contributed by atoms with Crippen LogP contribution in [0.4, 0.5) is 4.79 Å². The molecule has 0 spiro atoms. The summed E-state index contributed by atoms with van der Waals surface area (Å²) in [6, 6.07) is 3.33. The topological polar surface area (TPSA) is 82.8 Å². The number of amides is 2. The predicted molar refractivity (Wildman–Crippen MR) is 74.4 cm³/mol. The van der Waals surface area contributed by atoms with Gasteiger partial charge in [-0.1, -0.05) is 0 Å². The number of rotatable bonds is 5. The Bertz CT molecular complexity index is 474. The van der Waals surface area contributed by atoms with Gasteiger partial charge >= 0.3 is 12.0 Å². The summed E-state index contributed by atoms with van der Waals surface area (Å²) in [5.41, 5.74) is -0.446. The predicted octanol–water partition coefficient (Wildman–Crippen LogP) is 2.37. The molecular weight excluding hydrogens is 260 g/mol. The van der Waals surface area contributed by atoms with E-state index in [1.807, 2.05) is 33.8 Å². The molecule has 6 nitrogen and oxygen atoms in total. The molecule has 0 aliphatic rings. The minimum Gasteiger partial charge on any atom is -0.481 e. The summed E-state index contributed by atoms with van der Waals surface area (Å²) in [5.74, 6) is 0.532. The molecule has 0 atom stereocenters. The van der Waals surface area contributed by atoms with Gasteiger partial charge in [-0.25, -0.2) is 4.79 Å². The fraction of sp³-hybridized carbons (Fsp3) is 0.571. The molecule has 2 amide bonds. The minimum atomic E-state index is -0.922. The normalized spacial score (nSPS) is 11.2. The number of aryl methyl sites for hydroxylation is 1. The maximum Gasteiger partial charge on any atom is 0.318 e. The molecule has 0 bridgehead atoms. The highest BCUT2D eigenvalue weighted by molar-refractivity contribution is 5.76. The number of hydrogen-bond donors (Lipinski definition) is 2. The van der Waals surface area contributed by atoms with Gasteiger partial charge in [0.2, 0.25) is 0 Å². The number of carbonyl (C=O) groups excluding carboxylic acids is 1. The summed E-state index contributed by atoms with van der Waals surface area (Å²) >= 11 is 0. The van der Waals surface area contributed by atoms with Crippen molar-refractivity contribution >= 4 is 12.0 Å². The number of carboxylic acids is 1. The largest absolute Gasteiger partial charge is 0.481 e. The fourth-order valence-electron chi connectivity index (χ4n) is 1.79. The molecule has 1 heterocycles. The Morgan fingerprint density at radius 1 is 1.35 bits per heavy atom. The summed E-state index contributed by atoms with van der Waals surface area (Å²) in [5, 5.41) is 11.5. The second-order valence-corrected chi connectivity index (χ2v) is 5.64. The second-order valence-electron chi connectivity index (χ2n) is 5.64. The molecule has 1 aromatic rings. The number of urea groups is 1. The summed E-state index contributed by atoms with van der Waals surface area (Å²) in [4.78, 5) is 24.3. The quantitative estimate of drug-likeness (QED) is 0.868. The van der Waals surface area contributed by atoms with Gasteiger partial charge in [0, 0.05) is 12.1 Å². The molecule has 1 aromatic heterocycles. The molecule has 6 heteroatoms. The Balaban J connectivity index is 2.61. The van der Waals surface area contributed by atoms with E-state index in [4.69, 9.17) is 9.52 Å². The number of carboxylic acid groups (broad SMARTS) is 1. The molecule has 112 valence electrons. The van der Waals surface area contributed by atoms with Crippen LogP contribution in [0.15, 0.2) is 16.5 Å². The Kier molecular flexibility index (Phi) is 5.19. The summed E-state index contributed by atoms with van der Waals surface area (Å²) in [6.45, 7) is 7.89. The maximum absolute atomic E-state index is 12.2. The molecular formula is C14H22N2O4. The van der Waals surface area contributed by atoms with Gasteiger partial charge in [0.1, 0.15) is 11.5 Å². The van der Waals surface area contributed by atoms with Gasteiger partial charge in [-0.05, 0) is 39.8 Å². The van der Waals surface area contributed by atoms with Crippen molar-refractivity contribution in [2.24, 2.45) is 0 Å². The van der Waals surface area contributed by atoms with Gasteiger partial charge in [-0.15, -0.1) is 0 Å². The van der Waals surface area contributed by atoms with Crippen molar-refractivity contribution in [1.29, 1.82) is 0 Å². The highest BCUT2D eigenvalue weighted by Gasteiger charge is 2.26. The molecule has 0 unspecified atom stereocenters. The third-order valence-corrected chi connectivity index (χ3v) is 2.81. The first-order valence-corrected chi connectivity index (χ1v) is 6.52. The van der Waals surface area contributed by atoms with Crippen LogP contribution in [0.25, 0.3) is 0 Å². The SMILES string of the molecule is Cc1ccc(CNC(=O)N(CCC(=O)O)C(C)(C)C)o1. The number of nitrogens with one attached hydrogen (secondary N) is 1. The van der Waals surface area contributed by atoms with E-state index in [1.54, 1.807) is 6.07 Å². The van der Waals surface area contributed by atoms with E-state index in [9.17, 15) is 9.59 Å². The van der Waals surface area contributed by atoms with Crippen molar-refractivity contribution in [2.45, 2.75) is 46.2 Å². The van der Waals surface area contributed by atoms with Crippen LogP contribution in [0.3, 0.4) is 0 Å². The van der Waals surface area contributed by atoms with E-state index in [2.05, 4.69) is 5.32 Å². The Labute approximate surface area is 118 Å². The van der Waals surface area contributed by atoms with Crippen molar-refractivity contribution in [3.8, 4) is 0 Å². The van der Waals surface area contributed by atoms with Crippen LogP contribution in [0.5, 0.6) is 0 Å². The molecule has 0 radical (unpaired) electrons. The van der Waals surface area contributed by atoms with Crippen LogP contribution in [0.2, 0.25) is 0 Å². The van der Waals surface area contributed by atoms with Crippen LogP contribution in [0, 0.1) is 6.92 Å². The van der Waals surface area contributed by atoms with Gasteiger partial charge in [0.05, 0.1) is 13.0 Å². The molecule has 1 rings (SSSR count). The summed E-state index contributed by atoms with van der Waals surface area (Å²) in [6.07, 6.45) is -0.0788. The van der Waals surface area contributed by atoms with Crippen molar-refractivity contribution in [2.75, 3.05) is 6.54 Å². The van der Waals surface area contributed by atoms with E-state index in [0.717, 1.165) is 5.76 Å². The number of carbonyl (C=O) groups is 2. The van der Waals surface area contributed by atoms with E-state index < -0.39 is 11.5 Å². The molecule has 0 saturated carbocycles. The number of aliphatic carboxylic acids is 1. The lowest BCUT2D eigenvalue weighted by atomic mass is 10.1. The van der Waals surface area contributed by atoms with Crippen LogP contribution in [-0.2, 0) is 11.3 Å². The Hall–Kier alpha value is -1.98. The van der Waals surface area contributed by atoms with Crippen LogP contribution >= 0.6 is 0 Å². The van der Waals surface area contributed by atoms with Crippen molar-refractivity contribution in [3.05, 3.63) is 23.7 Å². The first-order chi connectivity index (χ1) is 9.20. The van der Waals surface area contributed by atoms with Gasteiger partial charge in [0.15, 0.2) is 0 Å². The zero-order chi connectivity index (χ0) is 15.3. The van der Waals surface area contributed by atoms with E-state index >= 15 is 0 Å². The minimum absolute atomic E-state index is 0.0788. The maximum atomic E-state index is 12.2. The van der Waals surface area contributed by atoms with Crippen molar-refractivity contribution < 1.29 is 19.1 Å². The smallest absolute Gasteiger partial charge is 0.318 e. The van der Waals surface area contributed by atoms with Gasteiger partial charge in [-0.2, -0.15) is 0 Å². The average molecular weight is 282 g/mol. The number of hydrogen-bond acceptors (Lipinski definition) is 3. The molecule has 0 fully saturated rings. The fourth-order valence-corrected chi connectivity index (χ4v) is 1.79. The Morgan fingerprint density at radius 3 is 2.45 bits per heavy atom. The van der Waals surface area contributed by atoms with E-state index in [-0.39, 0.29) is 25.5 Å². The monoisotopic (exact) mass is 282 g/mol. The highest BCUT2D eigenvalue weighted by Crippen LogP contribution is 2.14. The van der Waals surface area contributed by atoms with Gasteiger partial charge in [-0.3, -0.25) is 4.79 Å². The highest BCUT2D eigenvalue weighted by atomic mass is 16.4. The molecule has 20 heavy (non-hydrogen) atoms. The third kappa shape index (κ3) is 4.95. The summed E-state index contributed by atoms with van der Waals surface area (Å²) in [7, 11) is 0. The molecule has 0 aromatic carbocycles. The first kappa shape index (κ1) is 16.1. The van der Waals surface area contributed by atoms with Crippen molar-refractivity contribution in [1.82, 2.24) is 10.2 Å². The molecule has 2 N–H and O–H groups in total. The first-order valence-electron chi connectivity index (χ1n) is 6.52. The number of furan rings is 1. The zero-order valence-electron chi connectivity index (χ0n) is 12.4. The Morgan fingerprint density at radius 2 is 2.00 bits per heavy atom. The van der Waals surface area contributed by atoms with Gasteiger partial charge in [0.25, 0.3) is 0 Å². The molecule has 0 aliphatic carbocycles.